The molecule has 0 bridgehead atoms. The van der Waals surface area contributed by atoms with Gasteiger partial charge in [-0.1, -0.05) is 54.6 Å². The number of nitriles is 1. The quantitative estimate of drug-likeness (QED) is 0.349. The highest BCUT2D eigenvalue weighted by Gasteiger charge is 2.18. The van der Waals surface area contributed by atoms with E-state index in [9.17, 15) is 4.79 Å². The molecular formula is C23H14N2OS. The zero-order chi connectivity index (χ0) is 18.6. The van der Waals surface area contributed by atoms with Crippen molar-refractivity contribution < 1.29 is 4.79 Å². The molecule has 0 radical (unpaired) electrons. The summed E-state index contributed by atoms with van der Waals surface area (Å²) < 4.78 is 1.04. The number of nitrogens with zero attached hydrogens (tertiary/aromatic N) is 2. The van der Waals surface area contributed by atoms with Crippen LogP contribution in [-0.4, -0.2) is 10.8 Å². The molecule has 0 aliphatic heterocycles. The normalized spacial score (nSPS) is 11.3. The monoisotopic (exact) mass is 366 g/mol. The first-order valence-electron chi connectivity index (χ1n) is 8.42. The average Bonchev–Trinajstić information content (AvgIpc) is 3.16. The lowest BCUT2D eigenvalue weighted by Gasteiger charge is -2.05. The van der Waals surface area contributed by atoms with Crippen LogP contribution in [0.2, 0.25) is 0 Å². The van der Waals surface area contributed by atoms with Crippen molar-refractivity contribution in [3.63, 3.8) is 0 Å². The molecule has 3 aromatic carbocycles. The predicted molar refractivity (Wildman–Crippen MR) is 109 cm³/mol. The third kappa shape index (κ3) is 3.55. The number of rotatable bonds is 4. The molecule has 128 valence electrons. The average molecular weight is 366 g/mol. The Morgan fingerprint density at radius 2 is 1.63 bits per heavy atom. The van der Waals surface area contributed by atoms with Crippen LogP contribution in [0.3, 0.4) is 0 Å². The summed E-state index contributed by atoms with van der Waals surface area (Å²) >= 11 is 1.50. The molecule has 0 fully saturated rings. The fraction of sp³-hybridized carbons (Fsp3) is 0. The zero-order valence-electron chi connectivity index (χ0n) is 14.3. The maximum Gasteiger partial charge on any atom is 0.196 e. The van der Waals surface area contributed by atoms with E-state index in [1.54, 1.807) is 12.1 Å². The number of carbonyl (C=O) groups excluding carboxylic acids is 1. The van der Waals surface area contributed by atoms with E-state index in [0.29, 0.717) is 21.7 Å². The molecule has 0 atom stereocenters. The van der Waals surface area contributed by atoms with E-state index >= 15 is 0 Å². The Morgan fingerprint density at radius 3 is 2.33 bits per heavy atom. The van der Waals surface area contributed by atoms with Gasteiger partial charge in [-0.15, -0.1) is 11.3 Å². The third-order valence-corrected chi connectivity index (χ3v) is 5.23. The van der Waals surface area contributed by atoms with Crippen molar-refractivity contribution in [2.24, 2.45) is 0 Å². The highest BCUT2D eigenvalue weighted by Crippen LogP contribution is 2.30. The standard InChI is InChI=1S/C23H14N2OS/c24-15-17-12-10-16(11-13-17)14-19(22(26)18-6-2-1-3-7-18)23-25-20-8-4-5-9-21(20)27-23/h1-14H/b19-14-. The first-order valence-corrected chi connectivity index (χ1v) is 9.24. The molecule has 0 aliphatic carbocycles. The number of hydrogen-bond donors (Lipinski definition) is 0. The summed E-state index contributed by atoms with van der Waals surface area (Å²) in [5.74, 6) is -0.0704. The van der Waals surface area contributed by atoms with Crippen LogP contribution in [0.5, 0.6) is 0 Å². The number of carbonyl (C=O) groups is 1. The van der Waals surface area contributed by atoms with Gasteiger partial charge in [-0.25, -0.2) is 4.98 Å². The van der Waals surface area contributed by atoms with Crippen molar-refractivity contribution in [3.05, 3.63) is 101 Å². The van der Waals surface area contributed by atoms with E-state index < -0.39 is 0 Å². The van der Waals surface area contributed by atoms with Crippen molar-refractivity contribution in [1.82, 2.24) is 4.98 Å². The fourth-order valence-electron chi connectivity index (χ4n) is 2.78. The van der Waals surface area contributed by atoms with Gasteiger partial charge in [-0.2, -0.15) is 5.26 Å². The Labute approximate surface area is 160 Å². The summed E-state index contributed by atoms with van der Waals surface area (Å²) in [6.45, 7) is 0. The molecule has 1 heterocycles. The molecule has 0 spiro atoms. The van der Waals surface area contributed by atoms with E-state index in [2.05, 4.69) is 11.1 Å². The first kappa shape index (κ1) is 16.9. The Hall–Kier alpha value is -3.55. The van der Waals surface area contributed by atoms with Gasteiger partial charge in [-0.05, 0) is 35.9 Å². The smallest absolute Gasteiger partial charge is 0.196 e. The number of benzene rings is 3. The second kappa shape index (κ2) is 7.36. The molecule has 0 unspecified atom stereocenters. The molecule has 0 amide bonds. The minimum atomic E-state index is -0.0704. The second-order valence-corrected chi connectivity index (χ2v) is 7.00. The Kier molecular flexibility index (Phi) is 4.61. The molecule has 3 nitrogen and oxygen atoms in total. The van der Waals surface area contributed by atoms with E-state index in [0.717, 1.165) is 15.8 Å². The van der Waals surface area contributed by atoms with Crippen LogP contribution in [0, 0.1) is 11.3 Å². The van der Waals surface area contributed by atoms with Gasteiger partial charge in [0.2, 0.25) is 0 Å². The number of Topliss-reactive ketones (excluding diaryl/α,β-unsaturated/α-hetero) is 1. The summed E-state index contributed by atoms with van der Waals surface area (Å²) in [5, 5.41) is 9.67. The molecule has 4 aromatic rings. The number of aromatic nitrogens is 1. The van der Waals surface area contributed by atoms with Crippen LogP contribution in [0.4, 0.5) is 0 Å². The topological polar surface area (TPSA) is 53.8 Å². The number of para-hydroxylation sites is 1. The minimum Gasteiger partial charge on any atom is -0.288 e. The van der Waals surface area contributed by atoms with Crippen LogP contribution >= 0.6 is 11.3 Å². The predicted octanol–water partition coefficient (Wildman–Crippen LogP) is 5.59. The molecule has 0 aliphatic rings. The third-order valence-electron chi connectivity index (χ3n) is 4.16. The number of thiazole rings is 1. The molecule has 0 saturated heterocycles. The second-order valence-electron chi connectivity index (χ2n) is 5.97. The lowest BCUT2D eigenvalue weighted by molar-refractivity contribution is 0.105. The number of fused-ring (bicyclic) bond motifs is 1. The van der Waals surface area contributed by atoms with Crippen LogP contribution in [0.15, 0.2) is 78.9 Å². The van der Waals surface area contributed by atoms with Crippen molar-refractivity contribution in [1.29, 1.82) is 5.26 Å². The number of ketones is 1. The first-order chi connectivity index (χ1) is 13.2. The van der Waals surface area contributed by atoms with E-state index in [1.165, 1.54) is 11.3 Å². The van der Waals surface area contributed by atoms with Crippen LogP contribution < -0.4 is 0 Å². The zero-order valence-corrected chi connectivity index (χ0v) is 15.1. The van der Waals surface area contributed by atoms with Gasteiger partial charge in [0.25, 0.3) is 0 Å². The SMILES string of the molecule is N#Cc1ccc(/C=C(/C(=O)c2ccccc2)c2nc3ccccc3s2)cc1. The molecule has 0 saturated carbocycles. The van der Waals surface area contributed by atoms with Gasteiger partial charge >= 0.3 is 0 Å². The molecule has 0 N–H and O–H groups in total. The summed E-state index contributed by atoms with van der Waals surface area (Å²) in [5.41, 5.74) is 3.49. The summed E-state index contributed by atoms with van der Waals surface area (Å²) in [6.07, 6.45) is 1.84. The number of hydrogen-bond acceptors (Lipinski definition) is 4. The minimum absolute atomic E-state index is 0.0704. The van der Waals surface area contributed by atoms with Crippen LogP contribution in [-0.2, 0) is 0 Å². The Bertz CT molecular complexity index is 1150. The maximum atomic E-state index is 13.2. The van der Waals surface area contributed by atoms with Crippen LogP contribution in [0.25, 0.3) is 21.9 Å². The summed E-state index contributed by atoms with van der Waals surface area (Å²) in [6, 6.07) is 26.3. The highest BCUT2D eigenvalue weighted by atomic mass is 32.1. The molecule has 4 heteroatoms. The summed E-state index contributed by atoms with van der Waals surface area (Å²) in [7, 11) is 0. The van der Waals surface area contributed by atoms with Gasteiger partial charge in [0.1, 0.15) is 5.01 Å². The molecule has 1 aromatic heterocycles. The molecular weight excluding hydrogens is 352 g/mol. The van der Waals surface area contributed by atoms with E-state index in [1.807, 2.05) is 72.8 Å². The van der Waals surface area contributed by atoms with Crippen molar-refractivity contribution >= 4 is 39.0 Å². The van der Waals surface area contributed by atoms with Gasteiger partial charge in [0.05, 0.1) is 27.4 Å². The lowest BCUT2D eigenvalue weighted by Crippen LogP contribution is -2.02. The van der Waals surface area contributed by atoms with Crippen LogP contribution in [0.1, 0.15) is 26.5 Å². The Morgan fingerprint density at radius 1 is 0.926 bits per heavy atom. The largest absolute Gasteiger partial charge is 0.288 e. The van der Waals surface area contributed by atoms with E-state index in [4.69, 9.17) is 5.26 Å². The van der Waals surface area contributed by atoms with Crippen molar-refractivity contribution in [2.45, 2.75) is 0 Å². The lowest BCUT2D eigenvalue weighted by atomic mass is 10.0. The molecule has 4 rings (SSSR count). The van der Waals surface area contributed by atoms with Gasteiger partial charge in [0, 0.05) is 5.56 Å². The maximum absolute atomic E-state index is 13.2. The van der Waals surface area contributed by atoms with Gasteiger partial charge in [0.15, 0.2) is 5.78 Å². The summed E-state index contributed by atoms with van der Waals surface area (Å²) in [4.78, 5) is 17.9. The highest BCUT2D eigenvalue weighted by molar-refractivity contribution is 7.20. The van der Waals surface area contributed by atoms with Crippen molar-refractivity contribution in [3.8, 4) is 6.07 Å². The van der Waals surface area contributed by atoms with Gasteiger partial charge < -0.3 is 0 Å². The number of allylic oxidation sites excluding steroid dienone is 1. The van der Waals surface area contributed by atoms with Crippen molar-refractivity contribution in [2.75, 3.05) is 0 Å². The fourth-order valence-corrected chi connectivity index (χ4v) is 3.76. The van der Waals surface area contributed by atoms with E-state index in [-0.39, 0.29) is 5.78 Å². The molecule has 27 heavy (non-hydrogen) atoms. The Balaban J connectivity index is 1.84. The van der Waals surface area contributed by atoms with Gasteiger partial charge in [-0.3, -0.25) is 4.79 Å².